The Morgan fingerprint density at radius 1 is 1.48 bits per heavy atom. The number of nitrogens with zero attached hydrogens (tertiary/aromatic N) is 2. The molecule has 5 nitrogen and oxygen atoms in total. The minimum atomic E-state index is 0.236. The van der Waals surface area contributed by atoms with Crippen molar-refractivity contribution >= 4 is 28.2 Å². The molecule has 0 aliphatic carbocycles. The first-order chi connectivity index (χ1) is 10.2. The Labute approximate surface area is 131 Å². The molecule has 1 aliphatic rings. The summed E-state index contributed by atoms with van der Waals surface area (Å²) in [5.41, 5.74) is 7.94. The van der Waals surface area contributed by atoms with Gasteiger partial charge in [0.1, 0.15) is 17.6 Å². The summed E-state index contributed by atoms with van der Waals surface area (Å²) in [7, 11) is 0. The Bertz CT molecular complexity index is 645. The lowest BCUT2D eigenvalue weighted by Crippen LogP contribution is -2.05. The molecule has 0 saturated carbocycles. The Balaban J connectivity index is 1.81. The number of benzene rings is 1. The van der Waals surface area contributed by atoms with E-state index in [9.17, 15) is 0 Å². The van der Waals surface area contributed by atoms with Crippen LogP contribution in [-0.4, -0.2) is 22.9 Å². The van der Waals surface area contributed by atoms with Crippen LogP contribution in [-0.2, 0) is 12.2 Å². The number of hydrogen-bond acceptors (Lipinski definition) is 7. The quantitative estimate of drug-likeness (QED) is 0.853. The molecule has 1 atom stereocenters. The topological polar surface area (TPSA) is 70.3 Å². The molecule has 0 fully saturated rings. The highest BCUT2D eigenvalue weighted by Crippen LogP contribution is 2.38. The van der Waals surface area contributed by atoms with Crippen LogP contribution < -0.4 is 15.2 Å². The second-order valence-corrected chi connectivity index (χ2v) is 7.06. The van der Waals surface area contributed by atoms with Gasteiger partial charge in [-0.15, -0.1) is 10.2 Å². The van der Waals surface area contributed by atoms with Gasteiger partial charge in [-0.2, -0.15) is 0 Å². The summed E-state index contributed by atoms with van der Waals surface area (Å²) in [4.78, 5) is 0. The standard InChI is InChI=1S/C14H17N3O2S2/c1-3-18-11-5-9-4-8(2)19-12(9)6-10(11)7-20-14-17-16-13(15)21-14/h5-6,8H,3-4,7H2,1-2H3,(H2,15,16)/t8-/m1/s1. The molecule has 0 radical (unpaired) electrons. The third kappa shape index (κ3) is 3.24. The molecule has 112 valence electrons. The molecule has 2 heterocycles. The van der Waals surface area contributed by atoms with Gasteiger partial charge in [-0.1, -0.05) is 23.1 Å². The van der Waals surface area contributed by atoms with Crippen molar-refractivity contribution in [1.29, 1.82) is 0 Å². The molecule has 1 aromatic heterocycles. The average molecular weight is 323 g/mol. The molecule has 7 heteroatoms. The lowest BCUT2D eigenvalue weighted by molar-refractivity contribution is 0.254. The van der Waals surface area contributed by atoms with E-state index >= 15 is 0 Å². The monoisotopic (exact) mass is 323 g/mol. The first-order valence-corrected chi connectivity index (χ1v) is 8.63. The summed E-state index contributed by atoms with van der Waals surface area (Å²) in [5, 5.41) is 8.34. The van der Waals surface area contributed by atoms with Crippen LogP contribution in [0, 0.1) is 0 Å². The van der Waals surface area contributed by atoms with Crippen LogP contribution in [0.3, 0.4) is 0 Å². The van der Waals surface area contributed by atoms with Gasteiger partial charge in [-0.05, 0) is 26.0 Å². The SMILES string of the molecule is CCOc1cc2c(cc1CSc1nnc(N)s1)O[C@H](C)C2. The zero-order chi connectivity index (χ0) is 14.8. The van der Waals surface area contributed by atoms with E-state index in [1.54, 1.807) is 11.8 Å². The van der Waals surface area contributed by atoms with Crippen molar-refractivity contribution in [2.45, 2.75) is 36.5 Å². The largest absolute Gasteiger partial charge is 0.494 e. The van der Waals surface area contributed by atoms with E-state index in [1.165, 1.54) is 16.9 Å². The van der Waals surface area contributed by atoms with Crippen LogP contribution >= 0.6 is 23.1 Å². The van der Waals surface area contributed by atoms with E-state index in [-0.39, 0.29) is 6.10 Å². The van der Waals surface area contributed by atoms with E-state index in [0.717, 1.165) is 33.6 Å². The van der Waals surface area contributed by atoms with Crippen molar-refractivity contribution in [2.24, 2.45) is 0 Å². The molecule has 0 spiro atoms. The predicted octanol–water partition coefficient (Wildman–Crippen LogP) is 3.13. The summed E-state index contributed by atoms with van der Waals surface area (Å²) >= 11 is 3.01. The van der Waals surface area contributed by atoms with E-state index in [4.69, 9.17) is 15.2 Å². The minimum Gasteiger partial charge on any atom is -0.494 e. The number of fused-ring (bicyclic) bond motifs is 1. The molecule has 0 bridgehead atoms. The molecule has 0 amide bonds. The maximum absolute atomic E-state index is 5.83. The predicted molar refractivity (Wildman–Crippen MR) is 85.3 cm³/mol. The number of ether oxygens (including phenoxy) is 2. The molecule has 1 aromatic carbocycles. The van der Waals surface area contributed by atoms with Crippen LogP contribution in [0.15, 0.2) is 16.5 Å². The summed E-state index contributed by atoms with van der Waals surface area (Å²) < 4.78 is 12.5. The van der Waals surface area contributed by atoms with E-state index in [1.807, 2.05) is 6.92 Å². The highest BCUT2D eigenvalue weighted by atomic mass is 32.2. The third-order valence-corrected chi connectivity index (χ3v) is 5.09. The Kier molecular flexibility index (Phi) is 4.21. The molecule has 0 saturated heterocycles. The fourth-order valence-corrected chi connectivity index (χ4v) is 3.92. The van der Waals surface area contributed by atoms with Crippen molar-refractivity contribution in [3.8, 4) is 11.5 Å². The maximum atomic E-state index is 5.83. The normalized spacial score (nSPS) is 16.6. The first kappa shape index (κ1) is 14.5. The number of aromatic nitrogens is 2. The number of hydrogen-bond donors (Lipinski definition) is 1. The van der Waals surface area contributed by atoms with Gasteiger partial charge in [-0.3, -0.25) is 0 Å². The smallest absolute Gasteiger partial charge is 0.203 e. The van der Waals surface area contributed by atoms with Crippen molar-refractivity contribution in [3.63, 3.8) is 0 Å². The zero-order valence-electron chi connectivity index (χ0n) is 12.0. The van der Waals surface area contributed by atoms with Crippen LogP contribution in [0.5, 0.6) is 11.5 Å². The first-order valence-electron chi connectivity index (χ1n) is 6.82. The Morgan fingerprint density at radius 2 is 2.33 bits per heavy atom. The van der Waals surface area contributed by atoms with Gasteiger partial charge in [0.2, 0.25) is 5.13 Å². The third-order valence-electron chi connectivity index (χ3n) is 3.15. The summed E-state index contributed by atoms with van der Waals surface area (Å²) in [5.74, 6) is 2.66. The molecule has 2 aromatic rings. The number of rotatable bonds is 5. The van der Waals surface area contributed by atoms with Gasteiger partial charge in [0.15, 0.2) is 4.34 Å². The number of nitrogens with two attached hydrogens (primary N) is 1. The van der Waals surface area contributed by atoms with Crippen molar-refractivity contribution in [2.75, 3.05) is 12.3 Å². The van der Waals surface area contributed by atoms with Gasteiger partial charge >= 0.3 is 0 Å². The summed E-state index contributed by atoms with van der Waals surface area (Å²) in [6.45, 7) is 4.73. The second-order valence-electron chi connectivity index (χ2n) is 4.83. The number of thioether (sulfide) groups is 1. The average Bonchev–Trinajstić information content (AvgIpc) is 3.01. The molecule has 21 heavy (non-hydrogen) atoms. The van der Waals surface area contributed by atoms with Gasteiger partial charge in [0.05, 0.1) is 6.61 Å². The summed E-state index contributed by atoms with van der Waals surface area (Å²) in [6, 6.07) is 4.19. The van der Waals surface area contributed by atoms with Crippen molar-refractivity contribution in [1.82, 2.24) is 10.2 Å². The molecular weight excluding hydrogens is 306 g/mol. The molecule has 1 aliphatic heterocycles. The van der Waals surface area contributed by atoms with Crippen molar-refractivity contribution in [3.05, 3.63) is 23.3 Å². The van der Waals surface area contributed by atoms with E-state index < -0.39 is 0 Å². The molecule has 0 unspecified atom stereocenters. The fraction of sp³-hybridized carbons (Fsp3) is 0.429. The molecular formula is C14H17N3O2S2. The van der Waals surface area contributed by atoms with E-state index in [0.29, 0.717) is 11.7 Å². The van der Waals surface area contributed by atoms with Crippen LogP contribution in [0.4, 0.5) is 5.13 Å². The van der Waals surface area contributed by atoms with E-state index in [2.05, 4.69) is 29.3 Å². The van der Waals surface area contributed by atoms with Crippen LogP contribution in [0.1, 0.15) is 25.0 Å². The van der Waals surface area contributed by atoms with Gasteiger partial charge in [-0.25, -0.2) is 0 Å². The number of anilines is 1. The fourth-order valence-electron chi connectivity index (χ4n) is 2.30. The second kappa shape index (κ2) is 6.11. The maximum Gasteiger partial charge on any atom is 0.203 e. The van der Waals surface area contributed by atoms with Gasteiger partial charge in [0.25, 0.3) is 0 Å². The minimum absolute atomic E-state index is 0.236. The van der Waals surface area contributed by atoms with Crippen LogP contribution in [0.25, 0.3) is 0 Å². The highest BCUT2D eigenvalue weighted by molar-refractivity contribution is 8.00. The summed E-state index contributed by atoms with van der Waals surface area (Å²) in [6.07, 6.45) is 1.18. The Morgan fingerprint density at radius 3 is 3.05 bits per heavy atom. The van der Waals surface area contributed by atoms with Gasteiger partial charge in [0, 0.05) is 23.3 Å². The highest BCUT2D eigenvalue weighted by Gasteiger charge is 2.22. The lowest BCUT2D eigenvalue weighted by Gasteiger charge is -2.11. The zero-order valence-corrected chi connectivity index (χ0v) is 13.6. The van der Waals surface area contributed by atoms with Crippen molar-refractivity contribution < 1.29 is 9.47 Å². The van der Waals surface area contributed by atoms with Gasteiger partial charge < -0.3 is 15.2 Å². The number of nitrogen functional groups attached to an aromatic ring is 1. The Hall–Kier alpha value is -1.47. The molecule has 3 rings (SSSR count). The lowest BCUT2D eigenvalue weighted by atomic mass is 10.1. The molecule has 2 N–H and O–H groups in total. The van der Waals surface area contributed by atoms with Crippen LogP contribution in [0.2, 0.25) is 0 Å².